The Hall–Kier alpha value is -3.91. The first-order valence-corrected chi connectivity index (χ1v) is 9.61. The number of carbonyl (C=O) groups excluding carboxylic acids is 3. The van der Waals surface area contributed by atoms with Gasteiger partial charge in [-0.2, -0.15) is 5.10 Å². The Balaban J connectivity index is 1.86. The topological polar surface area (TPSA) is 116 Å². The zero-order valence-electron chi connectivity index (χ0n) is 16.5. The lowest BCUT2D eigenvalue weighted by Crippen LogP contribution is -2.42. The van der Waals surface area contributed by atoms with Crippen molar-refractivity contribution in [2.24, 2.45) is 5.73 Å². The van der Waals surface area contributed by atoms with Crippen LogP contribution in [-0.2, 0) is 14.3 Å². The first-order valence-electron chi connectivity index (χ1n) is 9.23. The molecule has 1 unspecified atom stereocenters. The fourth-order valence-electron chi connectivity index (χ4n) is 2.70. The summed E-state index contributed by atoms with van der Waals surface area (Å²) in [4.78, 5) is 34.5. The second-order valence-electron chi connectivity index (χ2n) is 6.49. The normalized spacial score (nSPS) is 11.8. The summed E-state index contributed by atoms with van der Waals surface area (Å²) in [5, 5.41) is 7.08. The Morgan fingerprint density at radius 2 is 1.81 bits per heavy atom. The number of primary amides is 1. The molecular weight excluding hydrogens is 420 g/mol. The maximum atomic E-state index is 12.1. The summed E-state index contributed by atoms with van der Waals surface area (Å²) in [5.41, 5.74) is 7.82. The summed E-state index contributed by atoms with van der Waals surface area (Å²) < 4.78 is 6.69. The van der Waals surface area contributed by atoms with Crippen molar-refractivity contribution >= 4 is 35.6 Å². The highest BCUT2D eigenvalue weighted by Crippen LogP contribution is 2.26. The monoisotopic (exact) mass is 438 g/mol. The number of para-hydroxylation sites is 1. The quantitative estimate of drug-likeness (QED) is 0.452. The second-order valence-corrected chi connectivity index (χ2v) is 6.92. The number of rotatable bonds is 6. The summed E-state index contributed by atoms with van der Waals surface area (Å²) in [5.74, 6) is -1.57. The van der Waals surface area contributed by atoms with Crippen LogP contribution >= 0.6 is 11.6 Å². The Morgan fingerprint density at radius 1 is 1.13 bits per heavy atom. The van der Waals surface area contributed by atoms with Gasteiger partial charge in [0, 0.05) is 28.4 Å². The van der Waals surface area contributed by atoms with Gasteiger partial charge in [-0.25, -0.2) is 14.3 Å². The largest absolute Gasteiger partial charge is 0.449 e. The number of amides is 3. The highest BCUT2D eigenvalue weighted by Gasteiger charge is 2.18. The van der Waals surface area contributed by atoms with E-state index < -0.39 is 24.0 Å². The van der Waals surface area contributed by atoms with E-state index in [9.17, 15) is 14.4 Å². The van der Waals surface area contributed by atoms with E-state index in [0.29, 0.717) is 16.3 Å². The molecule has 3 rings (SSSR count). The maximum absolute atomic E-state index is 12.1. The first-order chi connectivity index (χ1) is 14.8. The van der Waals surface area contributed by atoms with Crippen LogP contribution in [0, 0.1) is 0 Å². The number of aromatic nitrogens is 2. The van der Waals surface area contributed by atoms with Gasteiger partial charge >= 0.3 is 12.0 Å². The fraction of sp³-hybridized carbons (Fsp3) is 0.0909. The minimum absolute atomic E-state index is 0.593. The molecular formula is C22H19ClN4O4. The third-order valence-electron chi connectivity index (χ3n) is 4.19. The third kappa shape index (κ3) is 5.80. The third-order valence-corrected chi connectivity index (χ3v) is 4.44. The highest BCUT2D eigenvalue weighted by atomic mass is 35.5. The van der Waals surface area contributed by atoms with Crippen LogP contribution in [0.5, 0.6) is 0 Å². The Morgan fingerprint density at radius 3 is 2.45 bits per heavy atom. The molecule has 0 aliphatic carbocycles. The predicted octanol–water partition coefficient (Wildman–Crippen LogP) is 3.33. The Labute approximate surface area is 183 Å². The highest BCUT2D eigenvalue weighted by molar-refractivity contribution is 6.30. The van der Waals surface area contributed by atoms with Gasteiger partial charge in [-0.05, 0) is 37.3 Å². The van der Waals surface area contributed by atoms with E-state index >= 15 is 0 Å². The summed E-state index contributed by atoms with van der Waals surface area (Å²) in [6.45, 7) is 1.33. The molecule has 3 N–H and O–H groups in total. The molecule has 0 fully saturated rings. The molecule has 31 heavy (non-hydrogen) atoms. The number of hydrogen-bond acceptors (Lipinski definition) is 5. The molecule has 1 aromatic heterocycles. The van der Waals surface area contributed by atoms with Crippen LogP contribution in [0.25, 0.3) is 23.0 Å². The van der Waals surface area contributed by atoms with E-state index in [2.05, 4.69) is 5.10 Å². The van der Waals surface area contributed by atoms with Crippen LogP contribution in [0.1, 0.15) is 12.5 Å². The zero-order chi connectivity index (χ0) is 22.4. The van der Waals surface area contributed by atoms with Crippen LogP contribution in [0.2, 0.25) is 5.02 Å². The number of esters is 1. The number of imide groups is 1. The molecule has 3 aromatic rings. The molecule has 0 bridgehead atoms. The molecule has 0 radical (unpaired) electrons. The summed E-state index contributed by atoms with van der Waals surface area (Å²) in [6.07, 6.45) is 3.30. The van der Waals surface area contributed by atoms with Crippen molar-refractivity contribution in [3.05, 3.63) is 77.5 Å². The summed E-state index contributed by atoms with van der Waals surface area (Å²) in [7, 11) is 0. The molecule has 1 atom stereocenters. The van der Waals surface area contributed by atoms with Gasteiger partial charge in [-0.15, -0.1) is 0 Å². The number of carbonyl (C=O) groups is 3. The molecule has 0 spiro atoms. The molecule has 0 saturated carbocycles. The van der Waals surface area contributed by atoms with E-state index in [1.54, 1.807) is 23.0 Å². The lowest BCUT2D eigenvalue weighted by molar-refractivity contribution is -0.149. The van der Waals surface area contributed by atoms with Crippen LogP contribution < -0.4 is 11.1 Å². The second kappa shape index (κ2) is 9.73. The lowest BCUT2D eigenvalue weighted by Gasteiger charge is -2.10. The molecule has 0 aliphatic rings. The fourth-order valence-corrected chi connectivity index (χ4v) is 2.83. The Kier molecular flexibility index (Phi) is 6.84. The molecule has 2 aromatic carbocycles. The summed E-state index contributed by atoms with van der Waals surface area (Å²) in [6, 6.07) is 15.6. The van der Waals surface area contributed by atoms with Crippen LogP contribution in [0.3, 0.4) is 0 Å². The van der Waals surface area contributed by atoms with Gasteiger partial charge in [0.1, 0.15) is 0 Å². The van der Waals surface area contributed by atoms with Gasteiger partial charge in [0.25, 0.3) is 5.91 Å². The number of nitrogens with zero attached hydrogens (tertiary/aromatic N) is 2. The van der Waals surface area contributed by atoms with Crippen molar-refractivity contribution in [2.75, 3.05) is 0 Å². The average molecular weight is 439 g/mol. The molecule has 158 valence electrons. The number of halogens is 1. The number of nitrogens with one attached hydrogen (secondary N) is 1. The molecule has 1 heterocycles. The van der Waals surface area contributed by atoms with Crippen LogP contribution in [0.4, 0.5) is 4.79 Å². The molecule has 3 amide bonds. The van der Waals surface area contributed by atoms with Gasteiger partial charge in [0.05, 0.1) is 11.4 Å². The smallest absolute Gasteiger partial charge is 0.331 e. The minimum Gasteiger partial charge on any atom is -0.449 e. The van der Waals surface area contributed by atoms with Crippen molar-refractivity contribution in [1.29, 1.82) is 0 Å². The molecule has 0 saturated heterocycles. The van der Waals surface area contributed by atoms with Gasteiger partial charge < -0.3 is 10.5 Å². The number of ether oxygens (including phenoxy) is 1. The van der Waals surface area contributed by atoms with E-state index in [-0.39, 0.29) is 0 Å². The number of urea groups is 1. The van der Waals surface area contributed by atoms with Crippen LogP contribution in [-0.4, -0.2) is 33.8 Å². The van der Waals surface area contributed by atoms with Gasteiger partial charge in [-0.1, -0.05) is 41.9 Å². The average Bonchev–Trinajstić information content (AvgIpc) is 3.17. The standard InChI is InChI=1S/C22H19ClN4O4/c1-14(21(29)25-22(24)30)31-19(28)12-9-16-13-27(18-5-3-2-4-6-18)26-20(16)15-7-10-17(23)11-8-15/h2-14H,1H3,(H3,24,25,29,30)/b12-9+. The molecule has 9 heteroatoms. The Bertz CT molecular complexity index is 1120. The van der Waals surface area contributed by atoms with Crippen molar-refractivity contribution in [3.8, 4) is 16.9 Å². The minimum atomic E-state index is -1.19. The summed E-state index contributed by atoms with van der Waals surface area (Å²) >= 11 is 5.99. The van der Waals surface area contributed by atoms with Crippen LogP contribution in [0.15, 0.2) is 66.9 Å². The predicted molar refractivity (Wildman–Crippen MR) is 116 cm³/mol. The molecule has 0 aliphatic heterocycles. The number of hydrogen-bond donors (Lipinski definition) is 2. The van der Waals surface area contributed by atoms with Crippen molar-refractivity contribution in [1.82, 2.24) is 15.1 Å². The lowest BCUT2D eigenvalue weighted by atomic mass is 10.1. The van der Waals surface area contributed by atoms with Gasteiger partial charge in [0.15, 0.2) is 6.10 Å². The zero-order valence-corrected chi connectivity index (χ0v) is 17.2. The van der Waals surface area contributed by atoms with Crippen molar-refractivity contribution in [2.45, 2.75) is 13.0 Å². The number of nitrogens with two attached hydrogens (primary N) is 1. The SMILES string of the molecule is CC(OC(=O)/C=C/c1cn(-c2ccccc2)nc1-c1ccc(Cl)cc1)C(=O)NC(N)=O. The van der Waals surface area contributed by atoms with E-state index in [1.807, 2.05) is 47.8 Å². The van der Waals surface area contributed by atoms with E-state index in [4.69, 9.17) is 22.1 Å². The van der Waals surface area contributed by atoms with Crippen molar-refractivity contribution < 1.29 is 19.1 Å². The van der Waals surface area contributed by atoms with E-state index in [0.717, 1.165) is 11.3 Å². The van der Waals surface area contributed by atoms with Gasteiger partial charge in [-0.3, -0.25) is 10.1 Å². The molecule has 8 nitrogen and oxygen atoms in total. The first kappa shape index (κ1) is 21.8. The van der Waals surface area contributed by atoms with Gasteiger partial charge in [0.2, 0.25) is 0 Å². The van der Waals surface area contributed by atoms with E-state index in [1.165, 1.54) is 19.1 Å². The maximum Gasteiger partial charge on any atom is 0.331 e. The van der Waals surface area contributed by atoms with Crippen molar-refractivity contribution in [3.63, 3.8) is 0 Å². The number of benzene rings is 2.